The van der Waals surface area contributed by atoms with E-state index in [0.29, 0.717) is 30.1 Å². The molecule has 0 radical (unpaired) electrons. The highest BCUT2D eigenvalue weighted by Gasteiger charge is 2.42. The van der Waals surface area contributed by atoms with Crippen LogP contribution < -0.4 is 10.6 Å². The van der Waals surface area contributed by atoms with Gasteiger partial charge in [0, 0.05) is 23.6 Å². The summed E-state index contributed by atoms with van der Waals surface area (Å²) in [6.45, 7) is 3.82. The fourth-order valence-electron chi connectivity index (χ4n) is 4.27. The molecule has 8 heteroatoms. The second-order valence-electron chi connectivity index (χ2n) is 8.74. The Morgan fingerprint density at radius 3 is 2.64 bits per heavy atom. The molecule has 1 saturated carbocycles. The molecule has 0 unspecified atom stereocenters. The highest BCUT2D eigenvalue weighted by atomic mass is 19.1. The maximum absolute atomic E-state index is 13.5. The largest absolute Gasteiger partial charge is 0.354 e. The fourth-order valence-corrected chi connectivity index (χ4v) is 4.27. The van der Waals surface area contributed by atoms with E-state index in [0.717, 1.165) is 5.56 Å². The molecule has 1 heterocycles. The van der Waals surface area contributed by atoms with Crippen molar-refractivity contribution in [1.82, 2.24) is 20.8 Å². The maximum atomic E-state index is 13.5. The van der Waals surface area contributed by atoms with E-state index in [2.05, 4.69) is 20.8 Å². The second-order valence-corrected chi connectivity index (χ2v) is 8.74. The molecule has 2 amide bonds. The molecule has 2 aromatic carbocycles. The predicted octanol–water partition coefficient (Wildman–Crippen LogP) is 3.62. The molecule has 3 atom stereocenters. The van der Waals surface area contributed by atoms with Crippen LogP contribution in [0, 0.1) is 11.7 Å². The van der Waals surface area contributed by atoms with Crippen LogP contribution in [0.1, 0.15) is 44.1 Å². The van der Waals surface area contributed by atoms with E-state index in [4.69, 9.17) is 4.52 Å². The molecule has 3 aromatic rings. The van der Waals surface area contributed by atoms with Gasteiger partial charge in [0.2, 0.25) is 23.5 Å². The van der Waals surface area contributed by atoms with Crippen LogP contribution in [-0.2, 0) is 16.0 Å². The molecule has 4 rings (SSSR count). The van der Waals surface area contributed by atoms with Crippen molar-refractivity contribution in [3.63, 3.8) is 0 Å². The van der Waals surface area contributed by atoms with Crippen molar-refractivity contribution in [3.05, 3.63) is 71.9 Å². The van der Waals surface area contributed by atoms with Crippen LogP contribution in [0.3, 0.4) is 0 Å². The standard InChI is InChI=1S/C25H27FN4O3/c1-15(2)27-24(32)18-13-20(25-29-23(30-33-25)17-8-4-3-5-9-17)21(14-18)28-22(31)12-16-7-6-10-19(26)11-16/h3-11,15,18,20-21H,12-14H2,1-2H3,(H,27,32)(H,28,31)/t18-,20-,21+/m1/s1. The Morgan fingerprint density at radius 1 is 1.12 bits per heavy atom. The van der Waals surface area contributed by atoms with E-state index in [1.54, 1.807) is 12.1 Å². The quantitative estimate of drug-likeness (QED) is 0.573. The van der Waals surface area contributed by atoms with Gasteiger partial charge in [0.1, 0.15) is 5.82 Å². The number of carbonyl (C=O) groups is 2. The van der Waals surface area contributed by atoms with E-state index in [1.807, 2.05) is 44.2 Å². The first-order valence-corrected chi connectivity index (χ1v) is 11.1. The highest BCUT2D eigenvalue weighted by molar-refractivity contribution is 5.81. The Hall–Kier alpha value is -3.55. The number of nitrogens with one attached hydrogen (secondary N) is 2. The Labute approximate surface area is 191 Å². The summed E-state index contributed by atoms with van der Waals surface area (Å²) in [7, 11) is 0. The molecule has 1 fully saturated rings. The average molecular weight is 451 g/mol. The lowest BCUT2D eigenvalue weighted by molar-refractivity contribution is -0.126. The van der Waals surface area contributed by atoms with E-state index < -0.39 is 0 Å². The smallest absolute Gasteiger partial charge is 0.232 e. The van der Waals surface area contributed by atoms with Gasteiger partial charge >= 0.3 is 0 Å². The van der Waals surface area contributed by atoms with Crippen LogP contribution in [-0.4, -0.2) is 34.0 Å². The van der Waals surface area contributed by atoms with Gasteiger partial charge in [0.05, 0.1) is 12.3 Å². The minimum Gasteiger partial charge on any atom is -0.354 e. The lowest BCUT2D eigenvalue weighted by Gasteiger charge is -2.18. The van der Waals surface area contributed by atoms with Crippen LogP contribution >= 0.6 is 0 Å². The van der Waals surface area contributed by atoms with Crippen molar-refractivity contribution in [3.8, 4) is 11.4 Å². The molecule has 0 bridgehead atoms. The van der Waals surface area contributed by atoms with Gasteiger partial charge in [-0.05, 0) is 44.4 Å². The Bertz CT molecular complexity index is 1120. The average Bonchev–Trinajstić information content (AvgIpc) is 3.41. The molecule has 7 nitrogen and oxygen atoms in total. The van der Waals surface area contributed by atoms with Crippen molar-refractivity contribution in [2.75, 3.05) is 0 Å². The van der Waals surface area contributed by atoms with Gasteiger partial charge in [-0.25, -0.2) is 4.39 Å². The normalized spacial score (nSPS) is 20.1. The lowest BCUT2D eigenvalue weighted by Crippen LogP contribution is -2.38. The monoisotopic (exact) mass is 450 g/mol. The number of rotatable bonds is 7. The first-order chi connectivity index (χ1) is 15.9. The minimum absolute atomic E-state index is 0.0191. The Kier molecular flexibility index (Phi) is 6.82. The van der Waals surface area contributed by atoms with Gasteiger partial charge in [-0.1, -0.05) is 47.6 Å². The summed E-state index contributed by atoms with van der Waals surface area (Å²) in [5.41, 5.74) is 1.41. The Balaban J connectivity index is 1.52. The van der Waals surface area contributed by atoms with Crippen LogP contribution in [0.2, 0.25) is 0 Å². The van der Waals surface area contributed by atoms with Gasteiger partial charge in [0.25, 0.3) is 0 Å². The van der Waals surface area contributed by atoms with Gasteiger partial charge in [0.15, 0.2) is 0 Å². The summed E-state index contributed by atoms with van der Waals surface area (Å²) in [6.07, 6.45) is 0.990. The molecular weight excluding hydrogens is 423 g/mol. The van der Waals surface area contributed by atoms with Crippen molar-refractivity contribution in [2.45, 2.75) is 51.1 Å². The summed E-state index contributed by atoms with van der Waals surface area (Å²) in [4.78, 5) is 30.0. The van der Waals surface area contributed by atoms with Crippen LogP contribution in [0.25, 0.3) is 11.4 Å². The zero-order chi connectivity index (χ0) is 23.4. The fraction of sp³-hybridized carbons (Fsp3) is 0.360. The van der Waals surface area contributed by atoms with Crippen LogP contribution in [0.5, 0.6) is 0 Å². The molecule has 1 aliphatic carbocycles. The molecule has 2 N–H and O–H groups in total. The zero-order valence-electron chi connectivity index (χ0n) is 18.6. The van der Waals surface area contributed by atoms with E-state index in [-0.39, 0.29) is 48.0 Å². The highest BCUT2D eigenvalue weighted by Crippen LogP contribution is 2.39. The van der Waals surface area contributed by atoms with Gasteiger partial charge < -0.3 is 15.2 Å². The number of benzene rings is 2. The lowest BCUT2D eigenvalue weighted by atomic mass is 10.0. The van der Waals surface area contributed by atoms with Gasteiger partial charge in [-0.3, -0.25) is 9.59 Å². The number of amides is 2. The SMILES string of the molecule is CC(C)NC(=O)[C@H]1C[C@H](NC(=O)Cc2cccc(F)c2)[C@H](c2nc(-c3ccccc3)no2)C1. The molecule has 1 aromatic heterocycles. The summed E-state index contributed by atoms with van der Waals surface area (Å²) in [6, 6.07) is 15.1. The van der Waals surface area contributed by atoms with Gasteiger partial charge in [-0.15, -0.1) is 0 Å². The molecule has 0 aliphatic heterocycles. The van der Waals surface area contributed by atoms with Gasteiger partial charge in [-0.2, -0.15) is 4.98 Å². The zero-order valence-corrected chi connectivity index (χ0v) is 18.6. The second kappa shape index (κ2) is 9.94. The number of nitrogens with zero attached hydrogens (tertiary/aromatic N) is 2. The van der Waals surface area contributed by atoms with Crippen molar-refractivity contribution in [1.29, 1.82) is 0 Å². The minimum atomic E-state index is -0.385. The molecule has 33 heavy (non-hydrogen) atoms. The molecular formula is C25H27FN4O3. The topological polar surface area (TPSA) is 97.1 Å². The predicted molar refractivity (Wildman–Crippen MR) is 121 cm³/mol. The summed E-state index contributed by atoms with van der Waals surface area (Å²) in [5.74, 6) is -0.416. The molecule has 0 spiro atoms. The van der Waals surface area contributed by atoms with Crippen LogP contribution in [0.15, 0.2) is 59.1 Å². The third-order valence-electron chi connectivity index (χ3n) is 5.76. The summed E-state index contributed by atoms with van der Waals surface area (Å²) in [5, 5.41) is 10.1. The summed E-state index contributed by atoms with van der Waals surface area (Å²) < 4.78 is 19.1. The van der Waals surface area contributed by atoms with Crippen molar-refractivity contribution in [2.24, 2.45) is 5.92 Å². The van der Waals surface area contributed by atoms with E-state index in [9.17, 15) is 14.0 Å². The number of aromatic nitrogens is 2. The summed E-state index contributed by atoms with van der Waals surface area (Å²) >= 11 is 0. The third-order valence-corrected chi connectivity index (χ3v) is 5.76. The molecule has 0 saturated heterocycles. The van der Waals surface area contributed by atoms with Crippen LogP contribution in [0.4, 0.5) is 4.39 Å². The molecule has 172 valence electrons. The molecule has 1 aliphatic rings. The van der Waals surface area contributed by atoms with Crippen molar-refractivity contribution < 1.29 is 18.5 Å². The Morgan fingerprint density at radius 2 is 1.91 bits per heavy atom. The van der Waals surface area contributed by atoms with Crippen molar-refractivity contribution >= 4 is 11.8 Å². The number of carbonyl (C=O) groups excluding carboxylic acids is 2. The number of halogens is 1. The third kappa shape index (κ3) is 5.63. The van der Waals surface area contributed by atoms with E-state index >= 15 is 0 Å². The maximum Gasteiger partial charge on any atom is 0.232 e. The first-order valence-electron chi connectivity index (χ1n) is 11.1. The number of hydrogen-bond donors (Lipinski definition) is 2. The van der Waals surface area contributed by atoms with E-state index in [1.165, 1.54) is 12.1 Å². The first kappa shape index (κ1) is 22.6. The number of hydrogen-bond acceptors (Lipinski definition) is 5.